The number of hydrogen-bond acceptors (Lipinski definition) is 6. The fourth-order valence-corrected chi connectivity index (χ4v) is 6.22. The zero-order valence-corrected chi connectivity index (χ0v) is 21.9. The van der Waals surface area contributed by atoms with Gasteiger partial charge in [-0.2, -0.15) is 10.2 Å². The molecule has 0 amide bonds. The molecule has 0 saturated carbocycles. The van der Waals surface area contributed by atoms with Gasteiger partial charge >= 0.3 is 0 Å². The van der Waals surface area contributed by atoms with Crippen LogP contribution < -0.4 is 10.0 Å². The largest absolute Gasteiger partial charge is 0.292 e. The lowest BCUT2D eigenvalue weighted by atomic mass is 9.93. The van der Waals surface area contributed by atoms with E-state index in [1.807, 2.05) is 95.8 Å². The monoisotopic (exact) mass is 522 g/mol. The summed E-state index contributed by atoms with van der Waals surface area (Å²) in [5.41, 5.74) is 6.39. The van der Waals surface area contributed by atoms with Gasteiger partial charge in [0.05, 0.1) is 17.1 Å². The molecule has 2 aliphatic rings. The summed E-state index contributed by atoms with van der Waals surface area (Å²) in [6.07, 6.45) is 0. The third-order valence-electron chi connectivity index (χ3n) is 6.55. The van der Waals surface area contributed by atoms with Crippen molar-refractivity contribution in [1.82, 2.24) is 0 Å². The number of carbonyl (C=O) groups is 1. The molecular weight excluding hydrogens is 500 g/mol. The highest BCUT2D eigenvalue weighted by Gasteiger charge is 2.56. The van der Waals surface area contributed by atoms with Gasteiger partial charge in [0.15, 0.2) is 10.8 Å². The van der Waals surface area contributed by atoms with Crippen LogP contribution in [-0.4, -0.2) is 16.5 Å². The van der Waals surface area contributed by atoms with E-state index in [1.54, 1.807) is 6.92 Å². The molecule has 7 heteroatoms. The van der Waals surface area contributed by atoms with Gasteiger partial charge in [-0.15, -0.1) is 0 Å². The molecule has 0 aliphatic carbocycles. The second-order valence-corrected chi connectivity index (χ2v) is 10.4. The van der Waals surface area contributed by atoms with E-state index >= 15 is 0 Å². The van der Waals surface area contributed by atoms with Crippen molar-refractivity contribution in [2.24, 2.45) is 10.2 Å². The van der Waals surface area contributed by atoms with Crippen LogP contribution in [0, 0.1) is 6.92 Å². The van der Waals surface area contributed by atoms with Gasteiger partial charge < -0.3 is 0 Å². The van der Waals surface area contributed by atoms with Crippen LogP contribution in [0.25, 0.3) is 0 Å². The Balaban J connectivity index is 1.69. The summed E-state index contributed by atoms with van der Waals surface area (Å²) < 4.78 is 0. The summed E-state index contributed by atoms with van der Waals surface area (Å²) in [6.45, 7) is 3.52. The first-order valence-electron chi connectivity index (χ1n) is 11.9. The first-order chi connectivity index (χ1) is 18.0. The van der Waals surface area contributed by atoms with Crippen molar-refractivity contribution in [3.8, 4) is 0 Å². The molecule has 0 N–H and O–H groups in total. The van der Waals surface area contributed by atoms with E-state index in [9.17, 15) is 4.79 Å². The fraction of sp³-hybridized carbons (Fsp3) is 0.100. The molecule has 0 saturated heterocycles. The lowest BCUT2D eigenvalue weighted by molar-refractivity contribution is -0.110. The first kappa shape index (κ1) is 23.5. The Morgan fingerprint density at radius 1 is 0.811 bits per heavy atom. The molecule has 182 valence electrons. The topological polar surface area (TPSA) is 48.3 Å². The number of nitrogens with zero attached hydrogens (tertiary/aromatic N) is 4. The van der Waals surface area contributed by atoms with Gasteiger partial charge in [0.2, 0.25) is 4.99 Å². The van der Waals surface area contributed by atoms with Crippen LogP contribution >= 0.6 is 23.4 Å². The Labute approximate surface area is 225 Å². The standard InChI is InChI=1S/C30H23ClN4OS/c1-20-26(31)18-11-19-27(20)35-30(37-29(33-35)21(2)36)25-17-10-9-16-24(25)28(22-12-5-3-6-13-22)32-34(30)23-14-7-4-8-15-23/h3-19H,1-2H3. The average molecular weight is 523 g/mol. The molecular formula is C30H23ClN4OS. The van der Waals surface area contributed by atoms with Crippen molar-refractivity contribution >= 4 is 51.3 Å². The molecule has 0 aromatic heterocycles. The molecule has 2 aliphatic heterocycles. The van der Waals surface area contributed by atoms with E-state index in [0.717, 1.165) is 39.3 Å². The lowest BCUT2D eigenvalue weighted by Crippen LogP contribution is -2.54. The zero-order valence-electron chi connectivity index (χ0n) is 20.3. The molecule has 5 nitrogen and oxygen atoms in total. The van der Waals surface area contributed by atoms with Crippen molar-refractivity contribution in [2.75, 3.05) is 10.0 Å². The Morgan fingerprint density at radius 3 is 2.22 bits per heavy atom. The number of benzene rings is 4. The predicted molar refractivity (Wildman–Crippen MR) is 153 cm³/mol. The van der Waals surface area contributed by atoms with Crippen LogP contribution in [0.3, 0.4) is 0 Å². The summed E-state index contributed by atoms with van der Waals surface area (Å²) in [5, 5.41) is 15.1. The molecule has 0 radical (unpaired) electrons. The van der Waals surface area contributed by atoms with Gasteiger partial charge in [-0.3, -0.25) is 4.79 Å². The Bertz CT molecular complexity index is 1570. The van der Waals surface area contributed by atoms with Gasteiger partial charge in [-0.25, -0.2) is 10.0 Å². The average Bonchev–Trinajstić information content (AvgIpc) is 3.33. The Kier molecular flexibility index (Phi) is 5.86. The minimum absolute atomic E-state index is 0.102. The second-order valence-electron chi connectivity index (χ2n) is 8.87. The summed E-state index contributed by atoms with van der Waals surface area (Å²) in [4.78, 5) is 11.8. The van der Waals surface area contributed by atoms with E-state index in [1.165, 1.54) is 11.8 Å². The maximum Gasteiger partial charge on any atom is 0.234 e. The van der Waals surface area contributed by atoms with Gasteiger partial charge in [0, 0.05) is 28.6 Å². The van der Waals surface area contributed by atoms with Crippen molar-refractivity contribution in [1.29, 1.82) is 0 Å². The molecule has 0 fully saturated rings. The predicted octanol–water partition coefficient (Wildman–Crippen LogP) is 7.19. The number of anilines is 2. The van der Waals surface area contributed by atoms with E-state index in [-0.39, 0.29) is 5.78 Å². The van der Waals surface area contributed by atoms with E-state index in [0.29, 0.717) is 10.1 Å². The zero-order chi connectivity index (χ0) is 25.6. The summed E-state index contributed by atoms with van der Waals surface area (Å²) in [7, 11) is 0. The van der Waals surface area contributed by atoms with E-state index in [2.05, 4.69) is 24.3 Å². The first-order valence-corrected chi connectivity index (χ1v) is 13.1. The van der Waals surface area contributed by atoms with Crippen LogP contribution in [0.4, 0.5) is 11.4 Å². The molecule has 1 atom stereocenters. The SMILES string of the molecule is CC(=O)C1=NN(c2cccc(Cl)c2C)C2(S1)c1ccccc1C(c1ccccc1)=NN2c1ccccc1. The summed E-state index contributed by atoms with van der Waals surface area (Å²) in [6, 6.07) is 34.1. The number of hydrogen-bond donors (Lipinski definition) is 0. The Morgan fingerprint density at radius 2 is 1.49 bits per heavy atom. The molecule has 4 aromatic rings. The number of hydrazone groups is 2. The maximum atomic E-state index is 12.8. The number of fused-ring (bicyclic) bond motifs is 2. The molecule has 4 aromatic carbocycles. The number of rotatable bonds is 4. The molecule has 0 bridgehead atoms. The molecule has 6 rings (SSSR count). The van der Waals surface area contributed by atoms with Gasteiger partial charge in [-0.1, -0.05) is 90.5 Å². The summed E-state index contributed by atoms with van der Waals surface area (Å²) in [5.74, 6) is -0.102. The number of para-hydroxylation sites is 1. The fourth-order valence-electron chi connectivity index (χ4n) is 4.76. The van der Waals surface area contributed by atoms with Crippen molar-refractivity contribution < 1.29 is 4.79 Å². The molecule has 1 unspecified atom stereocenters. The quantitative estimate of drug-likeness (QED) is 0.284. The highest BCUT2D eigenvalue weighted by Crippen LogP contribution is 2.55. The van der Waals surface area contributed by atoms with Crippen LogP contribution in [-0.2, 0) is 9.79 Å². The minimum Gasteiger partial charge on any atom is -0.292 e. The maximum absolute atomic E-state index is 12.8. The van der Waals surface area contributed by atoms with Crippen LogP contribution in [0.5, 0.6) is 0 Å². The number of halogens is 1. The normalized spacial score (nSPS) is 18.5. The molecule has 2 heterocycles. The number of thioether (sulfide) groups is 1. The van der Waals surface area contributed by atoms with E-state index < -0.39 is 4.99 Å². The minimum atomic E-state index is -0.993. The Hall–Kier alpha value is -3.87. The van der Waals surface area contributed by atoms with E-state index in [4.69, 9.17) is 21.8 Å². The third-order valence-corrected chi connectivity index (χ3v) is 8.38. The molecule has 1 spiro atoms. The highest BCUT2D eigenvalue weighted by atomic mass is 35.5. The number of carbonyl (C=O) groups excluding carboxylic acids is 1. The van der Waals surface area contributed by atoms with Crippen molar-refractivity contribution in [3.05, 3.63) is 130 Å². The van der Waals surface area contributed by atoms with Crippen molar-refractivity contribution in [3.63, 3.8) is 0 Å². The molecule has 37 heavy (non-hydrogen) atoms. The summed E-state index contributed by atoms with van der Waals surface area (Å²) >= 11 is 7.99. The lowest BCUT2D eigenvalue weighted by Gasteiger charge is -2.47. The van der Waals surface area contributed by atoms with Gasteiger partial charge in [-0.05, 0) is 48.5 Å². The van der Waals surface area contributed by atoms with Crippen LogP contribution in [0.2, 0.25) is 5.02 Å². The van der Waals surface area contributed by atoms with Gasteiger partial charge in [0.1, 0.15) is 0 Å². The third kappa shape index (κ3) is 3.76. The number of Topliss-reactive ketones (excluding diaryl/α,β-unsaturated/α-hetero) is 1. The number of ketones is 1. The van der Waals surface area contributed by atoms with Crippen LogP contribution in [0.1, 0.15) is 29.2 Å². The smallest absolute Gasteiger partial charge is 0.234 e. The second kappa shape index (κ2) is 9.21. The van der Waals surface area contributed by atoms with Gasteiger partial charge in [0.25, 0.3) is 0 Å². The van der Waals surface area contributed by atoms with Crippen molar-refractivity contribution in [2.45, 2.75) is 18.8 Å². The highest BCUT2D eigenvalue weighted by molar-refractivity contribution is 8.17. The van der Waals surface area contributed by atoms with Crippen LogP contribution in [0.15, 0.2) is 113 Å².